The van der Waals surface area contributed by atoms with Gasteiger partial charge in [-0.15, -0.1) is 0 Å². The lowest BCUT2D eigenvalue weighted by Gasteiger charge is -2.32. The van der Waals surface area contributed by atoms with Gasteiger partial charge < -0.3 is 19.9 Å². The molecule has 0 atom stereocenters. The smallest absolute Gasteiger partial charge is 0.222 e. The molecule has 0 unspecified atom stereocenters. The molecule has 122 valence electrons. The van der Waals surface area contributed by atoms with Crippen molar-refractivity contribution in [3.8, 4) is 0 Å². The van der Waals surface area contributed by atoms with Crippen LogP contribution in [0.2, 0.25) is 0 Å². The minimum Gasteiger partial charge on any atom is -0.378 e. The number of rotatable bonds is 7. The molecular formula is C16H31N3O2. The summed E-state index contributed by atoms with van der Waals surface area (Å²) in [7, 11) is 0. The number of nitrogens with one attached hydrogen (secondary N) is 1. The molecule has 2 rings (SSSR count). The van der Waals surface area contributed by atoms with Gasteiger partial charge in [-0.2, -0.15) is 0 Å². The number of carbonyl (C=O) groups excluding carboxylic acids is 1. The minimum absolute atomic E-state index is 0.306. The number of carbonyl (C=O) groups is 1. The summed E-state index contributed by atoms with van der Waals surface area (Å²) in [5.74, 6) is 1.15. The molecule has 0 bridgehead atoms. The lowest BCUT2D eigenvalue weighted by atomic mass is 9.96. The summed E-state index contributed by atoms with van der Waals surface area (Å²) in [6.45, 7) is 10.8. The van der Waals surface area contributed by atoms with E-state index in [2.05, 4.69) is 17.1 Å². The fourth-order valence-corrected chi connectivity index (χ4v) is 3.19. The number of piperidine rings is 1. The van der Waals surface area contributed by atoms with Crippen LogP contribution in [0.5, 0.6) is 0 Å². The van der Waals surface area contributed by atoms with Gasteiger partial charge in [0.05, 0.1) is 13.2 Å². The molecule has 1 amide bonds. The molecular weight excluding hydrogens is 266 g/mol. The molecule has 0 saturated carbocycles. The number of likely N-dealkylation sites (tertiary alicyclic amines) is 1. The molecule has 0 aliphatic carbocycles. The van der Waals surface area contributed by atoms with E-state index in [1.54, 1.807) is 0 Å². The molecule has 2 heterocycles. The quantitative estimate of drug-likeness (QED) is 0.760. The fourth-order valence-electron chi connectivity index (χ4n) is 3.19. The van der Waals surface area contributed by atoms with E-state index in [0.29, 0.717) is 25.5 Å². The molecule has 1 N–H and O–H groups in total. The van der Waals surface area contributed by atoms with E-state index < -0.39 is 0 Å². The molecule has 2 aliphatic rings. The third kappa shape index (κ3) is 5.93. The molecule has 5 nitrogen and oxygen atoms in total. The van der Waals surface area contributed by atoms with Crippen LogP contribution < -0.4 is 5.32 Å². The highest BCUT2D eigenvalue weighted by atomic mass is 16.5. The topological polar surface area (TPSA) is 44.8 Å². The van der Waals surface area contributed by atoms with Crippen molar-refractivity contribution in [2.75, 3.05) is 59.0 Å². The van der Waals surface area contributed by atoms with Crippen LogP contribution in [-0.2, 0) is 9.53 Å². The lowest BCUT2D eigenvalue weighted by Crippen LogP contribution is -2.41. The van der Waals surface area contributed by atoms with Crippen molar-refractivity contribution in [3.63, 3.8) is 0 Å². The van der Waals surface area contributed by atoms with Crippen molar-refractivity contribution in [2.45, 2.75) is 32.6 Å². The third-order valence-corrected chi connectivity index (χ3v) is 4.62. The summed E-state index contributed by atoms with van der Waals surface area (Å²) in [5.41, 5.74) is 0. The second-order valence-electron chi connectivity index (χ2n) is 6.19. The van der Waals surface area contributed by atoms with Crippen LogP contribution in [0.1, 0.15) is 32.6 Å². The maximum Gasteiger partial charge on any atom is 0.222 e. The Kier molecular flexibility index (Phi) is 7.47. The molecule has 0 spiro atoms. The van der Waals surface area contributed by atoms with Gasteiger partial charge in [-0.25, -0.2) is 0 Å². The maximum atomic E-state index is 12.1. The van der Waals surface area contributed by atoms with Crippen LogP contribution in [0.4, 0.5) is 0 Å². The van der Waals surface area contributed by atoms with Gasteiger partial charge in [-0.05, 0) is 57.9 Å². The number of amides is 1. The molecule has 2 aliphatic heterocycles. The van der Waals surface area contributed by atoms with Crippen molar-refractivity contribution >= 4 is 5.91 Å². The number of morpholine rings is 1. The number of nitrogens with zero attached hydrogens (tertiary/aromatic N) is 2. The van der Waals surface area contributed by atoms with Crippen LogP contribution in [0.25, 0.3) is 0 Å². The minimum atomic E-state index is 0.306. The number of ether oxygens (including phenoxy) is 1. The van der Waals surface area contributed by atoms with Crippen LogP contribution in [-0.4, -0.2) is 74.7 Å². The number of hydrogen-bond acceptors (Lipinski definition) is 4. The van der Waals surface area contributed by atoms with Crippen molar-refractivity contribution in [2.24, 2.45) is 5.92 Å². The first-order valence-electron chi connectivity index (χ1n) is 8.58. The summed E-state index contributed by atoms with van der Waals surface area (Å²) in [4.78, 5) is 16.5. The van der Waals surface area contributed by atoms with Crippen molar-refractivity contribution in [1.29, 1.82) is 0 Å². The Morgan fingerprint density at radius 1 is 1.19 bits per heavy atom. The second kappa shape index (κ2) is 9.38. The maximum absolute atomic E-state index is 12.1. The zero-order valence-corrected chi connectivity index (χ0v) is 13.5. The van der Waals surface area contributed by atoms with Gasteiger partial charge in [0.2, 0.25) is 5.91 Å². The Bertz CT molecular complexity index is 298. The molecule has 5 heteroatoms. The summed E-state index contributed by atoms with van der Waals surface area (Å²) in [5, 5.41) is 3.45. The standard InChI is InChI=1S/C16H31N3O2/c1-2-17-14-15-5-8-18(9-6-15)7-3-4-16(20)19-10-12-21-13-11-19/h15,17H,2-14H2,1H3. The van der Waals surface area contributed by atoms with Crippen molar-refractivity contribution in [3.05, 3.63) is 0 Å². The van der Waals surface area contributed by atoms with Crippen LogP contribution in [0.3, 0.4) is 0 Å². The van der Waals surface area contributed by atoms with Crippen molar-refractivity contribution < 1.29 is 9.53 Å². The normalized spacial score (nSPS) is 21.7. The molecule has 0 aromatic carbocycles. The fraction of sp³-hybridized carbons (Fsp3) is 0.938. The molecule has 2 fully saturated rings. The first-order chi connectivity index (χ1) is 10.3. The summed E-state index contributed by atoms with van der Waals surface area (Å²) in [6.07, 6.45) is 4.28. The van der Waals surface area contributed by atoms with Gasteiger partial charge >= 0.3 is 0 Å². The predicted octanol–water partition coefficient (Wildman–Crippen LogP) is 0.947. The first-order valence-corrected chi connectivity index (χ1v) is 8.58. The predicted molar refractivity (Wildman–Crippen MR) is 84.3 cm³/mol. The van der Waals surface area contributed by atoms with E-state index >= 15 is 0 Å². The highest BCUT2D eigenvalue weighted by molar-refractivity contribution is 5.76. The summed E-state index contributed by atoms with van der Waals surface area (Å²) in [6, 6.07) is 0. The Labute approximate surface area is 129 Å². The molecule has 0 aromatic rings. The molecule has 0 aromatic heterocycles. The van der Waals surface area contributed by atoms with E-state index in [0.717, 1.165) is 38.5 Å². The van der Waals surface area contributed by atoms with Crippen molar-refractivity contribution in [1.82, 2.24) is 15.1 Å². The molecule has 2 saturated heterocycles. The van der Waals surface area contributed by atoms with Gasteiger partial charge in [-0.1, -0.05) is 6.92 Å². The van der Waals surface area contributed by atoms with Gasteiger partial charge in [0.15, 0.2) is 0 Å². The van der Waals surface area contributed by atoms with Gasteiger partial charge in [-0.3, -0.25) is 4.79 Å². The zero-order valence-electron chi connectivity index (χ0n) is 13.5. The van der Waals surface area contributed by atoms with Crippen LogP contribution in [0, 0.1) is 5.92 Å². The lowest BCUT2D eigenvalue weighted by molar-refractivity contribution is -0.135. The molecule has 21 heavy (non-hydrogen) atoms. The van der Waals surface area contributed by atoms with Gasteiger partial charge in [0, 0.05) is 19.5 Å². The largest absolute Gasteiger partial charge is 0.378 e. The average Bonchev–Trinajstić information content (AvgIpc) is 2.55. The SMILES string of the molecule is CCNCC1CCN(CCCC(=O)N2CCOCC2)CC1. The zero-order chi connectivity index (χ0) is 14.9. The Morgan fingerprint density at radius 3 is 2.57 bits per heavy atom. The summed E-state index contributed by atoms with van der Waals surface area (Å²) >= 11 is 0. The number of hydrogen-bond donors (Lipinski definition) is 1. The van der Waals surface area contributed by atoms with Crippen LogP contribution in [0.15, 0.2) is 0 Å². The van der Waals surface area contributed by atoms with E-state index in [-0.39, 0.29) is 0 Å². The Balaban J connectivity index is 1.54. The Morgan fingerprint density at radius 2 is 1.90 bits per heavy atom. The highest BCUT2D eigenvalue weighted by Crippen LogP contribution is 2.16. The monoisotopic (exact) mass is 297 g/mol. The summed E-state index contributed by atoms with van der Waals surface area (Å²) < 4.78 is 5.28. The molecule has 0 radical (unpaired) electrons. The average molecular weight is 297 g/mol. The Hall–Kier alpha value is -0.650. The van der Waals surface area contributed by atoms with Gasteiger partial charge in [0.25, 0.3) is 0 Å². The van der Waals surface area contributed by atoms with Crippen LogP contribution >= 0.6 is 0 Å². The second-order valence-corrected chi connectivity index (χ2v) is 6.19. The van der Waals surface area contributed by atoms with E-state index in [1.165, 1.54) is 32.5 Å². The first kappa shape index (κ1) is 16.7. The third-order valence-electron chi connectivity index (χ3n) is 4.62. The van der Waals surface area contributed by atoms with E-state index in [4.69, 9.17) is 4.74 Å². The van der Waals surface area contributed by atoms with Gasteiger partial charge in [0.1, 0.15) is 0 Å². The van der Waals surface area contributed by atoms with E-state index in [1.807, 2.05) is 4.90 Å². The highest BCUT2D eigenvalue weighted by Gasteiger charge is 2.20. The van der Waals surface area contributed by atoms with E-state index in [9.17, 15) is 4.79 Å².